The number of carbonyl (C=O) groups is 2. The maximum Gasteiger partial charge on any atom is 0.255 e. The lowest BCUT2D eigenvalue weighted by Crippen LogP contribution is -2.32. The van der Waals surface area contributed by atoms with Gasteiger partial charge in [-0.3, -0.25) is 14.9 Å². The van der Waals surface area contributed by atoms with Crippen LogP contribution in [0.1, 0.15) is 21.7 Å². The van der Waals surface area contributed by atoms with Crippen LogP contribution < -0.4 is 16.0 Å². The van der Waals surface area contributed by atoms with E-state index in [-0.39, 0.29) is 11.0 Å². The molecule has 0 aliphatic heterocycles. The first-order valence-corrected chi connectivity index (χ1v) is 12.3. The van der Waals surface area contributed by atoms with E-state index in [1.165, 1.54) is 12.2 Å². The normalized spacial score (nSPS) is 10.8. The lowest BCUT2D eigenvalue weighted by Gasteiger charge is -2.12. The van der Waals surface area contributed by atoms with E-state index in [0.717, 1.165) is 5.56 Å². The van der Waals surface area contributed by atoms with E-state index in [4.69, 9.17) is 39.8 Å². The zero-order valence-corrected chi connectivity index (χ0v) is 21.9. The van der Waals surface area contributed by atoms with Crippen LogP contribution in [0.15, 0.2) is 89.4 Å². The molecule has 186 valence electrons. The van der Waals surface area contributed by atoms with Crippen molar-refractivity contribution < 1.29 is 14.0 Å². The maximum absolute atomic E-state index is 12.4. The molecule has 2 amide bonds. The number of rotatable bonds is 6. The molecule has 37 heavy (non-hydrogen) atoms. The molecule has 4 rings (SSSR count). The van der Waals surface area contributed by atoms with Crippen LogP contribution in [0.5, 0.6) is 0 Å². The predicted molar refractivity (Wildman–Crippen MR) is 153 cm³/mol. The molecule has 1 heterocycles. The molecule has 4 aromatic rings. The molecule has 0 aliphatic carbocycles. The van der Waals surface area contributed by atoms with Gasteiger partial charge in [-0.2, -0.15) is 0 Å². The Balaban J connectivity index is 1.31. The summed E-state index contributed by atoms with van der Waals surface area (Å²) in [5.74, 6) is 0.402. The van der Waals surface area contributed by atoms with Gasteiger partial charge in [-0.15, -0.1) is 0 Å². The second-order valence-electron chi connectivity index (χ2n) is 7.95. The third-order valence-corrected chi connectivity index (χ3v) is 5.98. The van der Waals surface area contributed by atoms with Gasteiger partial charge in [-0.05, 0) is 91.4 Å². The highest BCUT2D eigenvalue weighted by molar-refractivity contribution is 7.80. The molecule has 0 bridgehead atoms. The number of hydrogen-bond donors (Lipinski definition) is 3. The first-order valence-electron chi connectivity index (χ1n) is 11.1. The summed E-state index contributed by atoms with van der Waals surface area (Å²) in [6, 6.07) is 22.9. The third kappa shape index (κ3) is 7.07. The highest BCUT2D eigenvalue weighted by atomic mass is 35.5. The zero-order chi connectivity index (χ0) is 26.4. The molecular weight excluding hydrogens is 529 g/mol. The Morgan fingerprint density at radius 1 is 0.919 bits per heavy atom. The van der Waals surface area contributed by atoms with Gasteiger partial charge >= 0.3 is 0 Å². The number of furan rings is 1. The van der Waals surface area contributed by atoms with Crippen LogP contribution in [-0.2, 0) is 4.79 Å². The summed E-state index contributed by atoms with van der Waals surface area (Å²) in [4.78, 5) is 24.7. The smallest absolute Gasteiger partial charge is 0.255 e. The fourth-order valence-electron chi connectivity index (χ4n) is 3.42. The maximum atomic E-state index is 12.4. The van der Waals surface area contributed by atoms with Crippen molar-refractivity contribution in [2.45, 2.75) is 6.92 Å². The summed E-state index contributed by atoms with van der Waals surface area (Å²) in [6.07, 6.45) is 2.84. The Kier molecular flexibility index (Phi) is 8.40. The standard InChI is InChI=1S/C28H21Cl2N3O3S/c1-17-15-20(8-12-24(17)32-27(35)18-5-3-2-4-6-18)31-28(37)33-26(34)14-10-21-9-13-25(36-21)22-11-7-19(29)16-23(22)30/h2-16H,1H3,(H,32,35)(H2,31,33,34,37)/b14-10+. The number of nitrogens with one attached hydrogen (secondary N) is 3. The van der Waals surface area contributed by atoms with Crippen molar-refractivity contribution in [1.29, 1.82) is 0 Å². The van der Waals surface area contributed by atoms with Crippen molar-refractivity contribution >= 4 is 69.8 Å². The molecule has 0 saturated carbocycles. The first kappa shape index (κ1) is 26.2. The van der Waals surface area contributed by atoms with Crippen LogP contribution in [0, 0.1) is 6.92 Å². The molecular formula is C28H21Cl2N3O3S. The molecule has 6 nitrogen and oxygen atoms in total. The van der Waals surface area contributed by atoms with Crippen LogP contribution in [0.2, 0.25) is 10.0 Å². The number of anilines is 2. The molecule has 0 atom stereocenters. The van der Waals surface area contributed by atoms with Gasteiger partial charge in [0.2, 0.25) is 5.91 Å². The fourth-order valence-corrected chi connectivity index (χ4v) is 4.14. The summed E-state index contributed by atoms with van der Waals surface area (Å²) in [7, 11) is 0. The minimum atomic E-state index is -0.427. The van der Waals surface area contributed by atoms with Gasteiger partial charge in [0.25, 0.3) is 5.91 Å². The minimum absolute atomic E-state index is 0.128. The Hall–Kier alpha value is -3.91. The Bertz CT molecular complexity index is 1500. The Morgan fingerprint density at radius 2 is 1.70 bits per heavy atom. The second kappa shape index (κ2) is 11.9. The van der Waals surface area contributed by atoms with Crippen molar-refractivity contribution in [3.63, 3.8) is 0 Å². The van der Waals surface area contributed by atoms with Gasteiger partial charge in [-0.1, -0.05) is 41.4 Å². The van der Waals surface area contributed by atoms with Crippen molar-refractivity contribution in [2.75, 3.05) is 10.6 Å². The molecule has 9 heteroatoms. The van der Waals surface area contributed by atoms with Crippen LogP contribution >= 0.6 is 35.4 Å². The third-order valence-electron chi connectivity index (χ3n) is 5.23. The number of amides is 2. The number of aryl methyl sites for hydroxylation is 1. The van der Waals surface area contributed by atoms with Gasteiger partial charge in [-0.25, -0.2) is 0 Å². The van der Waals surface area contributed by atoms with Crippen LogP contribution in [0.25, 0.3) is 17.4 Å². The van der Waals surface area contributed by atoms with E-state index in [9.17, 15) is 9.59 Å². The molecule has 3 aromatic carbocycles. The van der Waals surface area contributed by atoms with Crippen LogP contribution in [0.4, 0.5) is 11.4 Å². The van der Waals surface area contributed by atoms with Crippen molar-refractivity contribution in [3.05, 3.63) is 112 Å². The van der Waals surface area contributed by atoms with E-state index < -0.39 is 5.91 Å². The molecule has 0 fully saturated rings. The Labute approximate surface area is 229 Å². The average molecular weight is 550 g/mol. The molecule has 3 N–H and O–H groups in total. The molecule has 1 aromatic heterocycles. The van der Waals surface area contributed by atoms with Gasteiger partial charge in [0.15, 0.2) is 5.11 Å². The summed E-state index contributed by atoms with van der Waals surface area (Å²) < 4.78 is 5.75. The van der Waals surface area contributed by atoms with E-state index in [1.54, 1.807) is 54.6 Å². The van der Waals surface area contributed by atoms with Crippen molar-refractivity contribution in [1.82, 2.24) is 5.32 Å². The SMILES string of the molecule is Cc1cc(NC(=S)NC(=O)/C=C/c2ccc(-c3ccc(Cl)cc3Cl)o2)ccc1NC(=O)c1ccccc1. The van der Waals surface area contributed by atoms with Gasteiger partial charge in [0, 0.05) is 33.6 Å². The lowest BCUT2D eigenvalue weighted by atomic mass is 10.1. The minimum Gasteiger partial charge on any atom is -0.457 e. The number of thiocarbonyl (C=S) groups is 1. The molecule has 0 saturated heterocycles. The number of halogens is 2. The Morgan fingerprint density at radius 3 is 2.43 bits per heavy atom. The molecule has 0 spiro atoms. The zero-order valence-electron chi connectivity index (χ0n) is 19.5. The fraction of sp³-hybridized carbons (Fsp3) is 0.0357. The molecule has 0 aliphatic rings. The van der Waals surface area contributed by atoms with Crippen molar-refractivity contribution in [3.8, 4) is 11.3 Å². The monoisotopic (exact) mass is 549 g/mol. The number of carbonyl (C=O) groups excluding carboxylic acids is 2. The van der Waals surface area contributed by atoms with E-state index in [1.807, 2.05) is 31.2 Å². The highest BCUT2D eigenvalue weighted by Crippen LogP contribution is 2.31. The first-order chi connectivity index (χ1) is 17.8. The van der Waals surface area contributed by atoms with E-state index in [0.29, 0.717) is 44.1 Å². The van der Waals surface area contributed by atoms with E-state index >= 15 is 0 Å². The number of benzene rings is 3. The molecule has 0 unspecified atom stereocenters. The summed E-state index contributed by atoms with van der Waals surface area (Å²) >= 11 is 17.4. The largest absolute Gasteiger partial charge is 0.457 e. The summed E-state index contributed by atoms with van der Waals surface area (Å²) in [5.41, 5.74) is 3.44. The topological polar surface area (TPSA) is 83.4 Å². The summed E-state index contributed by atoms with van der Waals surface area (Å²) in [6.45, 7) is 1.87. The van der Waals surface area contributed by atoms with Gasteiger partial charge in [0.05, 0.1) is 5.02 Å². The summed E-state index contributed by atoms with van der Waals surface area (Å²) in [5, 5.41) is 9.57. The lowest BCUT2D eigenvalue weighted by molar-refractivity contribution is -0.115. The predicted octanol–water partition coefficient (Wildman–Crippen LogP) is 7.34. The highest BCUT2D eigenvalue weighted by Gasteiger charge is 2.10. The van der Waals surface area contributed by atoms with Crippen LogP contribution in [-0.4, -0.2) is 16.9 Å². The van der Waals surface area contributed by atoms with Gasteiger partial charge < -0.3 is 15.1 Å². The van der Waals surface area contributed by atoms with Crippen molar-refractivity contribution in [2.24, 2.45) is 0 Å². The van der Waals surface area contributed by atoms with Gasteiger partial charge in [0.1, 0.15) is 11.5 Å². The van der Waals surface area contributed by atoms with E-state index in [2.05, 4.69) is 16.0 Å². The quantitative estimate of drug-likeness (QED) is 0.173. The van der Waals surface area contributed by atoms with Crippen LogP contribution in [0.3, 0.4) is 0 Å². The average Bonchev–Trinajstić information content (AvgIpc) is 3.33. The molecule has 0 radical (unpaired) electrons. The number of hydrogen-bond acceptors (Lipinski definition) is 4. The second-order valence-corrected chi connectivity index (χ2v) is 9.20.